The van der Waals surface area contributed by atoms with Gasteiger partial charge in [0, 0.05) is 5.69 Å². The third kappa shape index (κ3) is 5.40. The van der Waals surface area contributed by atoms with Crippen molar-refractivity contribution in [3.05, 3.63) is 108 Å². The first-order valence-corrected chi connectivity index (χ1v) is 9.04. The van der Waals surface area contributed by atoms with Crippen molar-refractivity contribution >= 4 is 17.7 Å². The molecule has 0 spiro atoms. The molecule has 0 saturated carbocycles. The van der Waals surface area contributed by atoms with Crippen LogP contribution in [0.1, 0.15) is 23.7 Å². The van der Waals surface area contributed by atoms with Crippen molar-refractivity contribution in [1.82, 2.24) is 0 Å². The van der Waals surface area contributed by atoms with E-state index in [0.717, 1.165) is 16.8 Å². The summed E-state index contributed by atoms with van der Waals surface area (Å²) in [6.45, 7) is 0. The summed E-state index contributed by atoms with van der Waals surface area (Å²) in [6.07, 6.45) is 3.47. The van der Waals surface area contributed by atoms with Crippen LogP contribution in [0.3, 0.4) is 0 Å². The van der Waals surface area contributed by atoms with Crippen molar-refractivity contribution in [2.45, 2.75) is 12.5 Å². The number of benzene rings is 3. The Kier molecular flexibility index (Phi) is 6.55. The van der Waals surface area contributed by atoms with E-state index in [1.807, 2.05) is 103 Å². The Bertz CT molecular complexity index is 861. The lowest BCUT2D eigenvalue weighted by molar-refractivity contribution is -0.123. The quantitative estimate of drug-likeness (QED) is 0.619. The number of carbonyl (C=O) groups is 1. The minimum atomic E-state index is -0.879. The average Bonchev–Trinajstić information content (AvgIpc) is 2.73. The summed E-state index contributed by atoms with van der Waals surface area (Å²) in [5, 5.41) is 13.7. The van der Waals surface area contributed by atoms with Crippen LogP contribution >= 0.6 is 0 Å². The predicted octanol–water partition coefficient (Wildman–Crippen LogP) is 5.08. The van der Waals surface area contributed by atoms with Gasteiger partial charge < -0.3 is 10.4 Å². The Hall–Kier alpha value is -3.17. The van der Waals surface area contributed by atoms with Crippen molar-refractivity contribution < 1.29 is 9.90 Å². The summed E-state index contributed by atoms with van der Waals surface area (Å²) in [5.41, 5.74) is 2.52. The van der Waals surface area contributed by atoms with E-state index in [9.17, 15) is 9.90 Å². The summed E-state index contributed by atoms with van der Waals surface area (Å²) in [7, 11) is 0. The zero-order valence-corrected chi connectivity index (χ0v) is 15.0. The topological polar surface area (TPSA) is 49.3 Å². The summed E-state index contributed by atoms with van der Waals surface area (Å²) in [5.74, 6) is -0.789. The van der Waals surface area contributed by atoms with E-state index in [4.69, 9.17) is 0 Å². The van der Waals surface area contributed by atoms with E-state index in [-0.39, 0.29) is 5.91 Å². The van der Waals surface area contributed by atoms with Gasteiger partial charge in [0.25, 0.3) is 0 Å². The molecule has 0 fully saturated rings. The molecule has 0 radical (unpaired) electrons. The van der Waals surface area contributed by atoms with Gasteiger partial charge in [-0.2, -0.15) is 0 Å². The number of carbonyl (C=O) groups excluding carboxylic acids is 1. The van der Waals surface area contributed by atoms with E-state index in [1.54, 1.807) is 0 Å². The Morgan fingerprint density at radius 2 is 1.41 bits per heavy atom. The molecule has 136 valence electrons. The molecule has 0 unspecified atom stereocenters. The number of anilines is 1. The minimum Gasteiger partial charge on any atom is -0.388 e. The van der Waals surface area contributed by atoms with Gasteiger partial charge in [-0.05, 0) is 29.7 Å². The maximum atomic E-state index is 12.9. The molecule has 0 aliphatic heterocycles. The van der Waals surface area contributed by atoms with Crippen LogP contribution in [0.5, 0.6) is 0 Å². The highest BCUT2D eigenvalue weighted by Gasteiger charge is 2.27. The van der Waals surface area contributed by atoms with Crippen molar-refractivity contribution in [1.29, 1.82) is 0 Å². The largest absolute Gasteiger partial charge is 0.388 e. The molecular formula is C24H23NO2. The van der Waals surface area contributed by atoms with Crippen LogP contribution in [0.25, 0.3) is 6.08 Å². The molecule has 27 heavy (non-hydrogen) atoms. The minimum absolute atomic E-state index is 0.199. The molecule has 2 N–H and O–H groups in total. The number of para-hydroxylation sites is 1. The summed E-state index contributed by atoms with van der Waals surface area (Å²) < 4.78 is 0. The monoisotopic (exact) mass is 357 g/mol. The molecule has 0 aliphatic carbocycles. The molecule has 0 heterocycles. The van der Waals surface area contributed by atoms with Gasteiger partial charge in [-0.3, -0.25) is 4.79 Å². The molecule has 3 nitrogen and oxygen atoms in total. The molecular weight excluding hydrogens is 334 g/mol. The van der Waals surface area contributed by atoms with Gasteiger partial charge in [0.2, 0.25) is 5.91 Å². The smallest absolute Gasteiger partial charge is 0.230 e. The molecule has 0 bridgehead atoms. The van der Waals surface area contributed by atoms with Crippen LogP contribution in [-0.2, 0) is 4.79 Å². The number of rotatable bonds is 7. The molecule has 1 amide bonds. The van der Waals surface area contributed by atoms with Crippen LogP contribution < -0.4 is 5.32 Å². The lowest BCUT2D eigenvalue weighted by Crippen LogP contribution is -2.28. The van der Waals surface area contributed by atoms with E-state index in [1.165, 1.54) is 0 Å². The van der Waals surface area contributed by atoms with E-state index in [0.29, 0.717) is 6.42 Å². The maximum absolute atomic E-state index is 12.9. The number of amides is 1. The third-order valence-electron chi connectivity index (χ3n) is 4.40. The van der Waals surface area contributed by atoms with Crippen molar-refractivity contribution in [2.24, 2.45) is 5.92 Å². The standard InChI is InChI=1S/C24H23NO2/c26-23(20-14-6-2-7-15-20)22(18-10-13-19-11-4-1-5-12-19)24(27)25-21-16-8-3-9-17-21/h1-17,22-23,26H,18H2,(H,25,27)/b13-10+/t22-,23+/m1/s1. The molecule has 0 saturated heterocycles. The Balaban J connectivity index is 1.77. The number of aliphatic hydroxyl groups is 1. The lowest BCUT2D eigenvalue weighted by atomic mass is 9.91. The predicted molar refractivity (Wildman–Crippen MR) is 110 cm³/mol. The normalized spacial score (nSPS) is 13.2. The zero-order chi connectivity index (χ0) is 18.9. The van der Waals surface area contributed by atoms with Crippen LogP contribution in [0.4, 0.5) is 5.69 Å². The number of aliphatic hydroxyl groups excluding tert-OH is 1. The second-order valence-electron chi connectivity index (χ2n) is 6.37. The van der Waals surface area contributed by atoms with Crippen LogP contribution in [0.2, 0.25) is 0 Å². The SMILES string of the molecule is O=C(Nc1ccccc1)[C@H](C/C=C/c1ccccc1)[C@@H](O)c1ccccc1. The molecule has 3 heteroatoms. The van der Waals surface area contributed by atoms with Gasteiger partial charge in [0.15, 0.2) is 0 Å². The third-order valence-corrected chi connectivity index (χ3v) is 4.40. The highest BCUT2D eigenvalue weighted by Crippen LogP contribution is 2.27. The van der Waals surface area contributed by atoms with Crippen LogP contribution in [0.15, 0.2) is 97.1 Å². The summed E-state index contributed by atoms with van der Waals surface area (Å²) >= 11 is 0. The number of nitrogens with one attached hydrogen (secondary N) is 1. The summed E-state index contributed by atoms with van der Waals surface area (Å²) in [6, 6.07) is 28.5. The molecule has 3 aromatic carbocycles. The van der Waals surface area contributed by atoms with Gasteiger partial charge in [-0.25, -0.2) is 0 Å². The molecule has 0 aromatic heterocycles. The van der Waals surface area contributed by atoms with Gasteiger partial charge in [-0.15, -0.1) is 0 Å². The van der Waals surface area contributed by atoms with Gasteiger partial charge in [0.05, 0.1) is 12.0 Å². The van der Waals surface area contributed by atoms with Crippen molar-refractivity contribution in [2.75, 3.05) is 5.32 Å². The van der Waals surface area contributed by atoms with E-state index in [2.05, 4.69) is 5.32 Å². The first-order valence-electron chi connectivity index (χ1n) is 9.04. The van der Waals surface area contributed by atoms with Crippen LogP contribution in [-0.4, -0.2) is 11.0 Å². The second-order valence-corrected chi connectivity index (χ2v) is 6.37. The zero-order valence-electron chi connectivity index (χ0n) is 15.0. The average molecular weight is 357 g/mol. The molecule has 3 rings (SSSR count). The first kappa shape index (κ1) is 18.6. The van der Waals surface area contributed by atoms with Crippen LogP contribution in [0, 0.1) is 5.92 Å². The molecule has 3 aromatic rings. The number of allylic oxidation sites excluding steroid dienone is 1. The van der Waals surface area contributed by atoms with E-state index >= 15 is 0 Å². The maximum Gasteiger partial charge on any atom is 0.230 e. The van der Waals surface area contributed by atoms with E-state index < -0.39 is 12.0 Å². The van der Waals surface area contributed by atoms with Gasteiger partial charge in [0.1, 0.15) is 0 Å². The Morgan fingerprint density at radius 1 is 0.852 bits per heavy atom. The lowest BCUT2D eigenvalue weighted by Gasteiger charge is -2.21. The fourth-order valence-corrected chi connectivity index (χ4v) is 2.93. The molecule has 2 atom stereocenters. The Morgan fingerprint density at radius 3 is 2.04 bits per heavy atom. The second kappa shape index (κ2) is 9.51. The number of hydrogen-bond acceptors (Lipinski definition) is 2. The Labute approximate surface area is 160 Å². The van der Waals surface area contributed by atoms with Crippen molar-refractivity contribution in [3.8, 4) is 0 Å². The first-order chi connectivity index (χ1) is 13.2. The van der Waals surface area contributed by atoms with Gasteiger partial charge in [-0.1, -0.05) is 91.0 Å². The molecule has 0 aliphatic rings. The fourth-order valence-electron chi connectivity index (χ4n) is 2.93. The van der Waals surface area contributed by atoms with Crippen molar-refractivity contribution in [3.63, 3.8) is 0 Å². The van der Waals surface area contributed by atoms with Gasteiger partial charge >= 0.3 is 0 Å². The highest BCUT2D eigenvalue weighted by atomic mass is 16.3. The fraction of sp³-hybridized carbons (Fsp3) is 0.125. The summed E-state index contributed by atoms with van der Waals surface area (Å²) in [4.78, 5) is 12.9. The highest BCUT2D eigenvalue weighted by molar-refractivity contribution is 5.93. The number of hydrogen-bond donors (Lipinski definition) is 2.